The van der Waals surface area contributed by atoms with E-state index < -0.39 is 10.0 Å². The molecule has 0 radical (unpaired) electrons. The van der Waals surface area contributed by atoms with Crippen molar-refractivity contribution in [2.75, 3.05) is 13.1 Å². The van der Waals surface area contributed by atoms with Crippen molar-refractivity contribution in [1.82, 2.24) is 14.8 Å². The molecule has 3 heterocycles. The maximum absolute atomic E-state index is 12.6. The van der Waals surface area contributed by atoms with Gasteiger partial charge in [0.15, 0.2) is 0 Å². The Bertz CT molecular complexity index is 569. The summed E-state index contributed by atoms with van der Waals surface area (Å²) in [5.74, 6) is 1.02. The highest BCUT2D eigenvalue weighted by atomic mass is 32.2. The van der Waals surface area contributed by atoms with Crippen molar-refractivity contribution in [1.29, 1.82) is 0 Å². The van der Waals surface area contributed by atoms with Crippen LogP contribution in [0, 0.1) is 12.8 Å². The van der Waals surface area contributed by atoms with Crippen molar-refractivity contribution in [3.05, 3.63) is 17.5 Å². The molecule has 2 aliphatic rings. The maximum atomic E-state index is 12.6. The third-order valence-corrected chi connectivity index (χ3v) is 5.97. The van der Waals surface area contributed by atoms with Gasteiger partial charge in [-0.25, -0.2) is 8.42 Å². The summed E-state index contributed by atoms with van der Waals surface area (Å²) in [6.07, 6.45) is 0.939. The highest BCUT2D eigenvalue weighted by Gasteiger charge is 2.47. The minimum atomic E-state index is -3.33. The summed E-state index contributed by atoms with van der Waals surface area (Å²) in [6.45, 7) is 5.43. The first-order valence-corrected chi connectivity index (χ1v) is 8.22. The van der Waals surface area contributed by atoms with E-state index in [-0.39, 0.29) is 17.8 Å². The van der Waals surface area contributed by atoms with Gasteiger partial charge in [-0.05, 0) is 32.7 Å². The Labute approximate surface area is 113 Å². The van der Waals surface area contributed by atoms with Gasteiger partial charge in [-0.1, -0.05) is 5.16 Å². The molecule has 6 nitrogen and oxygen atoms in total. The second kappa shape index (κ2) is 4.57. The fraction of sp³-hybridized carbons (Fsp3) is 0.750. The maximum Gasteiger partial charge on any atom is 0.220 e. The van der Waals surface area contributed by atoms with Crippen LogP contribution in [0.3, 0.4) is 0 Å². The first-order valence-electron chi connectivity index (χ1n) is 6.61. The summed E-state index contributed by atoms with van der Waals surface area (Å²) in [4.78, 5) is 0. The van der Waals surface area contributed by atoms with Gasteiger partial charge in [-0.3, -0.25) is 0 Å². The molecular formula is C12H19N3O3S. The third-order valence-electron chi connectivity index (χ3n) is 4.04. The molecule has 106 valence electrons. The van der Waals surface area contributed by atoms with Gasteiger partial charge >= 0.3 is 0 Å². The fourth-order valence-corrected chi connectivity index (χ4v) is 5.31. The van der Waals surface area contributed by atoms with Crippen LogP contribution in [0.4, 0.5) is 0 Å². The van der Waals surface area contributed by atoms with Crippen molar-refractivity contribution < 1.29 is 12.9 Å². The van der Waals surface area contributed by atoms with Crippen LogP contribution in [0.15, 0.2) is 10.6 Å². The molecule has 0 aliphatic carbocycles. The number of nitrogens with zero attached hydrogens (tertiary/aromatic N) is 2. The summed E-state index contributed by atoms with van der Waals surface area (Å²) in [5.41, 5.74) is 0.485. The number of rotatable bonds is 3. The van der Waals surface area contributed by atoms with E-state index in [1.807, 2.05) is 6.92 Å². The Morgan fingerprint density at radius 3 is 3.00 bits per heavy atom. The Hall–Kier alpha value is -0.920. The van der Waals surface area contributed by atoms with Crippen LogP contribution in [0.2, 0.25) is 0 Å². The summed E-state index contributed by atoms with van der Waals surface area (Å²) in [6, 6.07) is 1.87. The number of hydrogen-bond donors (Lipinski definition) is 1. The second-order valence-corrected chi connectivity index (χ2v) is 7.46. The van der Waals surface area contributed by atoms with E-state index in [1.54, 1.807) is 17.3 Å². The molecule has 0 saturated carbocycles. The average molecular weight is 285 g/mol. The zero-order valence-electron chi connectivity index (χ0n) is 11.2. The molecule has 0 amide bonds. The lowest BCUT2D eigenvalue weighted by molar-refractivity contribution is 0.334. The van der Waals surface area contributed by atoms with Gasteiger partial charge < -0.3 is 9.84 Å². The van der Waals surface area contributed by atoms with Crippen LogP contribution in [0.1, 0.15) is 24.8 Å². The number of sulfonamides is 1. The highest BCUT2D eigenvalue weighted by molar-refractivity contribution is 7.88. The molecule has 3 atom stereocenters. The molecule has 3 unspecified atom stereocenters. The molecule has 2 fully saturated rings. The van der Waals surface area contributed by atoms with Gasteiger partial charge in [0.1, 0.15) is 17.2 Å². The molecule has 2 saturated heterocycles. The summed E-state index contributed by atoms with van der Waals surface area (Å²) >= 11 is 0. The predicted molar refractivity (Wildman–Crippen MR) is 69.9 cm³/mol. The normalized spacial score (nSPS) is 31.8. The molecular weight excluding hydrogens is 266 g/mol. The first kappa shape index (κ1) is 13.1. The predicted octanol–water partition coefficient (Wildman–Crippen LogP) is 0.495. The molecule has 1 aromatic heterocycles. The molecule has 1 N–H and O–H groups in total. The molecule has 1 aromatic rings. The minimum absolute atomic E-state index is 0.0715. The van der Waals surface area contributed by atoms with E-state index in [0.717, 1.165) is 19.5 Å². The van der Waals surface area contributed by atoms with Crippen molar-refractivity contribution in [3.8, 4) is 0 Å². The Morgan fingerprint density at radius 1 is 1.53 bits per heavy atom. The standard InChI is InChI=1S/C12H19N3O3S/c1-8-3-10-5-13-6-12(10)15(8)19(16,17)7-11-4-9(2)18-14-11/h4,8,10,12-13H,3,5-7H2,1-2H3. The van der Waals surface area contributed by atoms with E-state index in [2.05, 4.69) is 10.5 Å². The van der Waals surface area contributed by atoms with Crippen molar-refractivity contribution in [3.63, 3.8) is 0 Å². The number of fused-ring (bicyclic) bond motifs is 1. The summed E-state index contributed by atoms with van der Waals surface area (Å²) in [5, 5.41) is 7.06. The van der Waals surface area contributed by atoms with E-state index in [1.165, 1.54) is 0 Å². The van der Waals surface area contributed by atoms with Crippen molar-refractivity contribution in [2.45, 2.75) is 38.1 Å². The average Bonchev–Trinajstić information content (AvgIpc) is 2.93. The van der Waals surface area contributed by atoms with Gasteiger partial charge in [0.05, 0.1) is 0 Å². The molecule has 19 heavy (non-hydrogen) atoms. The van der Waals surface area contributed by atoms with E-state index >= 15 is 0 Å². The lowest BCUT2D eigenvalue weighted by atomic mass is 10.0. The lowest BCUT2D eigenvalue weighted by Crippen LogP contribution is -2.43. The lowest BCUT2D eigenvalue weighted by Gasteiger charge is -2.26. The van der Waals surface area contributed by atoms with Crippen LogP contribution >= 0.6 is 0 Å². The van der Waals surface area contributed by atoms with Crippen LogP contribution in [-0.2, 0) is 15.8 Å². The Morgan fingerprint density at radius 2 is 2.32 bits per heavy atom. The Kier molecular flexibility index (Phi) is 3.15. The van der Waals surface area contributed by atoms with Gasteiger partial charge in [0.25, 0.3) is 0 Å². The molecule has 7 heteroatoms. The molecule has 0 aromatic carbocycles. The number of aromatic nitrogens is 1. The van der Waals surface area contributed by atoms with Crippen LogP contribution in [0.5, 0.6) is 0 Å². The minimum Gasteiger partial charge on any atom is -0.361 e. The van der Waals surface area contributed by atoms with Crippen LogP contribution in [0.25, 0.3) is 0 Å². The second-order valence-electron chi connectivity index (χ2n) is 5.59. The van der Waals surface area contributed by atoms with Gasteiger partial charge in [-0.2, -0.15) is 4.31 Å². The van der Waals surface area contributed by atoms with E-state index in [9.17, 15) is 8.42 Å². The van der Waals surface area contributed by atoms with Gasteiger partial charge in [0, 0.05) is 24.7 Å². The highest BCUT2D eigenvalue weighted by Crippen LogP contribution is 2.35. The zero-order valence-corrected chi connectivity index (χ0v) is 12.0. The molecule has 0 bridgehead atoms. The monoisotopic (exact) mass is 285 g/mol. The SMILES string of the molecule is Cc1cc(CS(=O)(=O)N2C(C)CC3CNCC32)no1. The quantitative estimate of drug-likeness (QED) is 0.875. The number of aryl methyl sites for hydroxylation is 1. The first-order chi connectivity index (χ1) is 8.97. The van der Waals surface area contributed by atoms with Gasteiger partial charge in [0.2, 0.25) is 10.0 Å². The molecule has 0 spiro atoms. The number of hydrogen-bond acceptors (Lipinski definition) is 5. The summed E-state index contributed by atoms with van der Waals surface area (Å²) in [7, 11) is -3.33. The van der Waals surface area contributed by atoms with Crippen molar-refractivity contribution >= 4 is 10.0 Å². The van der Waals surface area contributed by atoms with Crippen molar-refractivity contribution in [2.24, 2.45) is 5.92 Å². The largest absolute Gasteiger partial charge is 0.361 e. The fourth-order valence-electron chi connectivity index (χ4n) is 3.35. The third kappa shape index (κ3) is 2.30. The van der Waals surface area contributed by atoms with Crippen LogP contribution < -0.4 is 5.32 Å². The van der Waals surface area contributed by atoms with E-state index in [0.29, 0.717) is 17.4 Å². The van der Waals surface area contributed by atoms with Gasteiger partial charge in [-0.15, -0.1) is 0 Å². The molecule has 2 aliphatic heterocycles. The van der Waals surface area contributed by atoms with E-state index in [4.69, 9.17) is 4.52 Å². The molecule has 3 rings (SSSR count). The Balaban J connectivity index is 1.83. The topological polar surface area (TPSA) is 75.4 Å². The zero-order chi connectivity index (χ0) is 13.6. The number of nitrogens with one attached hydrogen (secondary N) is 1. The summed E-state index contributed by atoms with van der Waals surface area (Å²) < 4.78 is 31.8. The van der Waals surface area contributed by atoms with Crippen LogP contribution in [-0.4, -0.2) is 43.1 Å². The smallest absolute Gasteiger partial charge is 0.220 e.